The van der Waals surface area contributed by atoms with Gasteiger partial charge in [0.15, 0.2) is 11.5 Å². The molecule has 0 spiro atoms. The van der Waals surface area contributed by atoms with E-state index in [0.717, 1.165) is 23.5 Å². The Bertz CT molecular complexity index is 772. The molecule has 5 heteroatoms. The molecule has 0 saturated carbocycles. The first-order valence-electron chi connectivity index (χ1n) is 9.54. The molecule has 1 atom stereocenters. The lowest BCUT2D eigenvalue weighted by Crippen LogP contribution is -2.37. The molecule has 0 aliphatic carbocycles. The van der Waals surface area contributed by atoms with Crippen molar-refractivity contribution in [1.29, 1.82) is 0 Å². The molecule has 1 heterocycles. The van der Waals surface area contributed by atoms with E-state index in [1.807, 2.05) is 18.2 Å². The lowest BCUT2D eigenvalue weighted by Gasteiger charge is -2.23. The molecular weight excluding hydrogens is 340 g/mol. The van der Waals surface area contributed by atoms with Crippen LogP contribution in [0, 0.1) is 5.92 Å². The van der Waals surface area contributed by atoms with E-state index in [1.165, 1.54) is 11.1 Å². The van der Waals surface area contributed by atoms with Gasteiger partial charge >= 0.3 is 0 Å². The number of fused-ring (bicyclic) bond motifs is 1. The minimum absolute atomic E-state index is 0.0245. The molecule has 0 saturated heterocycles. The maximum absolute atomic E-state index is 12.3. The van der Waals surface area contributed by atoms with Crippen molar-refractivity contribution < 1.29 is 14.3 Å². The Labute approximate surface area is 161 Å². The Morgan fingerprint density at radius 2 is 1.74 bits per heavy atom. The first-order valence-corrected chi connectivity index (χ1v) is 9.54. The third kappa shape index (κ3) is 5.01. The molecule has 1 aliphatic rings. The van der Waals surface area contributed by atoms with E-state index >= 15 is 0 Å². The van der Waals surface area contributed by atoms with E-state index in [2.05, 4.69) is 55.7 Å². The third-order valence-electron chi connectivity index (χ3n) is 4.82. The molecule has 1 aliphatic heterocycles. The van der Waals surface area contributed by atoms with Crippen LogP contribution >= 0.6 is 0 Å². The molecule has 0 fully saturated rings. The maximum Gasteiger partial charge on any atom is 0.234 e. The molecular formula is C22H28N2O3. The van der Waals surface area contributed by atoms with E-state index < -0.39 is 0 Å². The Morgan fingerprint density at radius 1 is 1.04 bits per heavy atom. The van der Waals surface area contributed by atoms with Crippen LogP contribution in [0.3, 0.4) is 0 Å². The number of ether oxygens (including phenoxy) is 2. The zero-order valence-corrected chi connectivity index (χ0v) is 16.2. The van der Waals surface area contributed by atoms with E-state index in [4.69, 9.17) is 9.47 Å². The van der Waals surface area contributed by atoms with Gasteiger partial charge in [0, 0.05) is 12.6 Å². The molecule has 2 aromatic rings. The second-order valence-electron chi connectivity index (χ2n) is 7.16. The van der Waals surface area contributed by atoms with Crippen LogP contribution in [0.1, 0.15) is 43.5 Å². The predicted molar refractivity (Wildman–Crippen MR) is 106 cm³/mol. The zero-order chi connectivity index (χ0) is 19.2. The smallest absolute Gasteiger partial charge is 0.234 e. The van der Waals surface area contributed by atoms with Crippen molar-refractivity contribution in [2.45, 2.75) is 39.8 Å². The number of hydrogen-bond acceptors (Lipinski definition) is 4. The summed E-state index contributed by atoms with van der Waals surface area (Å²) >= 11 is 0. The van der Waals surface area contributed by atoms with Gasteiger partial charge in [-0.1, -0.05) is 51.1 Å². The first kappa shape index (κ1) is 19.2. The third-order valence-corrected chi connectivity index (χ3v) is 4.82. The first-order chi connectivity index (χ1) is 13.1. The Balaban J connectivity index is 1.51. The predicted octanol–water partition coefficient (Wildman–Crippen LogP) is 3.58. The van der Waals surface area contributed by atoms with Crippen molar-refractivity contribution in [2.75, 3.05) is 13.3 Å². The van der Waals surface area contributed by atoms with Gasteiger partial charge in [0.1, 0.15) is 0 Å². The molecule has 3 rings (SSSR count). The Morgan fingerprint density at radius 3 is 2.44 bits per heavy atom. The largest absolute Gasteiger partial charge is 0.454 e. The number of rotatable bonds is 8. The second kappa shape index (κ2) is 8.91. The summed E-state index contributed by atoms with van der Waals surface area (Å²) in [5, 5.41) is 6.35. The highest BCUT2D eigenvalue weighted by molar-refractivity contribution is 5.78. The van der Waals surface area contributed by atoms with Gasteiger partial charge in [-0.25, -0.2) is 0 Å². The summed E-state index contributed by atoms with van der Waals surface area (Å²) in [6.45, 7) is 7.48. The van der Waals surface area contributed by atoms with Crippen molar-refractivity contribution in [2.24, 2.45) is 5.92 Å². The second-order valence-corrected chi connectivity index (χ2v) is 7.16. The highest BCUT2D eigenvalue weighted by Gasteiger charge is 2.17. The Kier molecular flexibility index (Phi) is 6.35. The molecule has 0 unspecified atom stereocenters. The molecule has 2 aromatic carbocycles. The highest BCUT2D eigenvalue weighted by atomic mass is 16.7. The SMILES string of the molecule is CCc1ccc([C@H](NCC(=O)NCc2ccc3c(c2)OCO3)C(C)C)cc1. The number of amides is 1. The minimum Gasteiger partial charge on any atom is -0.454 e. The van der Waals surface area contributed by atoms with Crippen LogP contribution in [-0.2, 0) is 17.8 Å². The lowest BCUT2D eigenvalue weighted by molar-refractivity contribution is -0.120. The Hall–Kier alpha value is -2.53. The topological polar surface area (TPSA) is 59.6 Å². The minimum atomic E-state index is -0.0245. The van der Waals surface area contributed by atoms with Gasteiger partial charge in [-0.3, -0.25) is 4.79 Å². The van der Waals surface area contributed by atoms with Crippen molar-refractivity contribution in [3.8, 4) is 11.5 Å². The van der Waals surface area contributed by atoms with Crippen LogP contribution in [0.5, 0.6) is 11.5 Å². The molecule has 0 bridgehead atoms. The number of carbonyl (C=O) groups excluding carboxylic acids is 1. The van der Waals surface area contributed by atoms with E-state index in [1.54, 1.807) is 0 Å². The van der Waals surface area contributed by atoms with Crippen LogP contribution in [-0.4, -0.2) is 19.2 Å². The van der Waals surface area contributed by atoms with Crippen LogP contribution in [0.4, 0.5) is 0 Å². The van der Waals surface area contributed by atoms with Gasteiger partial charge in [-0.05, 0) is 41.2 Å². The number of carbonyl (C=O) groups is 1. The maximum atomic E-state index is 12.3. The number of hydrogen-bond donors (Lipinski definition) is 2. The molecule has 0 aromatic heterocycles. The molecule has 0 radical (unpaired) electrons. The van der Waals surface area contributed by atoms with Gasteiger partial charge in [0.05, 0.1) is 6.54 Å². The summed E-state index contributed by atoms with van der Waals surface area (Å²) in [7, 11) is 0. The molecule has 1 amide bonds. The summed E-state index contributed by atoms with van der Waals surface area (Å²) in [6, 6.07) is 14.5. The molecule has 144 valence electrons. The van der Waals surface area contributed by atoms with E-state index in [0.29, 0.717) is 12.5 Å². The van der Waals surface area contributed by atoms with E-state index in [-0.39, 0.29) is 25.3 Å². The van der Waals surface area contributed by atoms with Crippen LogP contribution < -0.4 is 20.1 Å². The summed E-state index contributed by atoms with van der Waals surface area (Å²) in [5.74, 6) is 1.85. The molecule has 27 heavy (non-hydrogen) atoms. The van der Waals surface area contributed by atoms with Gasteiger partial charge in [-0.15, -0.1) is 0 Å². The average Bonchev–Trinajstić information content (AvgIpc) is 3.14. The fraction of sp³-hybridized carbons (Fsp3) is 0.409. The van der Waals surface area contributed by atoms with Gasteiger partial charge in [-0.2, -0.15) is 0 Å². The van der Waals surface area contributed by atoms with Crippen LogP contribution in [0.25, 0.3) is 0 Å². The number of nitrogens with one attached hydrogen (secondary N) is 2. The zero-order valence-electron chi connectivity index (χ0n) is 16.2. The fourth-order valence-corrected chi connectivity index (χ4v) is 3.22. The van der Waals surface area contributed by atoms with Crippen molar-refractivity contribution >= 4 is 5.91 Å². The number of benzene rings is 2. The van der Waals surface area contributed by atoms with Crippen LogP contribution in [0.15, 0.2) is 42.5 Å². The van der Waals surface area contributed by atoms with Crippen molar-refractivity contribution in [3.63, 3.8) is 0 Å². The monoisotopic (exact) mass is 368 g/mol. The lowest BCUT2D eigenvalue weighted by atomic mass is 9.95. The fourth-order valence-electron chi connectivity index (χ4n) is 3.22. The normalized spacial score (nSPS) is 13.6. The van der Waals surface area contributed by atoms with Gasteiger partial charge in [0.2, 0.25) is 12.7 Å². The molecule has 2 N–H and O–H groups in total. The summed E-state index contributed by atoms with van der Waals surface area (Å²) in [4.78, 5) is 12.3. The van der Waals surface area contributed by atoms with Crippen molar-refractivity contribution in [3.05, 3.63) is 59.2 Å². The standard InChI is InChI=1S/C22H28N2O3/c1-4-16-5-8-18(9-6-16)22(15(2)3)24-13-21(25)23-12-17-7-10-19-20(11-17)27-14-26-19/h5-11,15,22,24H,4,12-14H2,1-3H3,(H,23,25)/t22-/m1/s1. The highest BCUT2D eigenvalue weighted by Crippen LogP contribution is 2.32. The van der Waals surface area contributed by atoms with Crippen LogP contribution in [0.2, 0.25) is 0 Å². The summed E-state index contributed by atoms with van der Waals surface area (Å²) < 4.78 is 10.7. The van der Waals surface area contributed by atoms with Gasteiger partial charge in [0.25, 0.3) is 0 Å². The van der Waals surface area contributed by atoms with Crippen molar-refractivity contribution in [1.82, 2.24) is 10.6 Å². The quantitative estimate of drug-likeness (QED) is 0.748. The average molecular weight is 368 g/mol. The van der Waals surface area contributed by atoms with Gasteiger partial charge < -0.3 is 20.1 Å². The summed E-state index contributed by atoms with van der Waals surface area (Å²) in [5.41, 5.74) is 3.52. The number of aryl methyl sites for hydroxylation is 1. The van der Waals surface area contributed by atoms with E-state index in [9.17, 15) is 4.79 Å². The molecule has 5 nitrogen and oxygen atoms in total. The summed E-state index contributed by atoms with van der Waals surface area (Å²) in [6.07, 6.45) is 1.03.